The molecule has 0 fully saturated rings. The Morgan fingerprint density at radius 2 is 1.76 bits per heavy atom. The molecule has 0 spiro atoms. The van der Waals surface area contributed by atoms with E-state index < -0.39 is 10.0 Å². The molecule has 0 amide bonds. The van der Waals surface area contributed by atoms with Crippen LogP contribution in [0.4, 0.5) is 5.69 Å². The summed E-state index contributed by atoms with van der Waals surface area (Å²) in [5, 5.41) is 0. The maximum Gasteiger partial charge on any atom is 0.338 e. The van der Waals surface area contributed by atoms with Crippen LogP contribution in [-0.4, -0.2) is 36.9 Å². The van der Waals surface area contributed by atoms with Crippen LogP contribution >= 0.6 is 0 Å². The Labute approximate surface area is 135 Å². The van der Waals surface area contributed by atoms with Gasteiger partial charge >= 0.3 is 16.5 Å². The topological polar surface area (TPSA) is 49.7 Å². The predicted molar refractivity (Wildman–Crippen MR) is 88.2 cm³/mol. The number of allylic oxidation sites excluding steroid dienone is 2. The van der Waals surface area contributed by atoms with Crippen LogP contribution in [0.3, 0.4) is 0 Å². The summed E-state index contributed by atoms with van der Waals surface area (Å²) in [6.45, 7) is 8.29. The van der Waals surface area contributed by atoms with Gasteiger partial charge < -0.3 is 3.29 Å². The van der Waals surface area contributed by atoms with Crippen molar-refractivity contribution in [1.29, 1.82) is 0 Å². The van der Waals surface area contributed by atoms with E-state index in [-0.39, 0.29) is 5.41 Å². The number of sulfonamides is 1. The van der Waals surface area contributed by atoms with Crippen molar-refractivity contribution in [3.05, 3.63) is 41.1 Å². The molecule has 1 aliphatic rings. The second-order valence-corrected chi connectivity index (χ2v) is 8.62. The summed E-state index contributed by atoms with van der Waals surface area (Å²) in [7, 11) is -3.34. The summed E-state index contributed by atoms with van der Waals surface area (Å²) in [5.41, 5.74) is 4.38. The lowest BCUT2D eigenvalue weighted by Crippen LogP contribution is -2.30. The fourth-order valence-electron chi connectivity index (χ4n) is 2.46. The van der Waals surface area contributed by atoms with Crippen molar-refractivity contribution in [2.75, 3.05) is 9.54 Å². The number of hydrogen-bond acceptors (Lipinski definition) is 3. The largest absolute Gasteiger partial charge is 0.385 e. The van der Waals surface area contributed by atoms with E-state index in [1.54, 1.807) is 6.07 Å². The van der Waals surface area contributed by atoms with Crippen LogP contribution in [0.2, 0.25) is 0 Å². The van der Waals surface area contributed by atoms with Gasteiger partial charge in [0.05, 0.1) is 12.0 Å². The number of para-hydroxylation sites is 1. The second kappa shape index (κ2) is 5.28. The number of benzene rings is 1. The van der Waals surface area contributed by atoms with Crippen LogP contribution in [0, 0.1) is 5.41 Å². The second-order valence-electron chi connectivity index (χ2n) is 5.87. The summed E-state index contributed by atoms with van der Waals surface area (Å²) in [5.74, 6) is 0. The molecule has 21 heavy (non-hydrogen) atoms. The zero-order valence-corrected chi connectivity index (χ0v) is 15.0. The maximum absolute atomic E-state index is 11.8. The van der Waals surface area contributed by atoms with Gasteiger partial charge in [0.15, 0.2) is 0 Å². The molecule has 0 atom stereocenters. The van der Waals surface area contributed by atoms with Crippen LogP contribution in [0.5, 0.6) is 0 Å². The molecule has 0 aromatic heterocycles. The Kier molecular flexibility index (Phi) is 4.09. The highest BCUT2D eigenvalue weighted by Crippen LogP contribution is 2.41. The third-order valence-corrected chi connectivity index (χ3v) is 6.44. The third kappa shape index (κ3) is 2.81. The number of rotatable bonds is 3. The lowest BCUT2D eigenvalue weighted by atomic mass is 9.78. The molecule has 0 saturated heterocycles. The smallest absolute Gasteiger partial charge is 0.338 e. The van der Waals surface area contributed by atoms with E-state index in [9.17, 15) is 8.42 Å². The first-order valence-corrected chi connectivity index (χ1v) is 9.05. The van der Waals surface area contributed by atoms with E-state index in [1.807, 2.05) is 25.1 Å². The maximum atomic E-state index is 11.8. The molecule has 6 heteroatoms. The van der Waals surface area contributed by atoms with Crippen LogP contribution < -0.4 is 3.29 Å². The molecule has 0 bridgehead atoms. The zero-order chi connectivity index (χ0) is 16.0. The van der Waals surface area contributed by atoms with Crippen LogP contribution in [-0.2, 0) is 10.0 Å². The molecule has 2 radical (unpaired) electrons. The fraction of sp³-hybridized carbons (Fsp3) is 0.400. The van der Waals surface area contributed by atoms with Crippen molar-refractivity contribution >= 4 is 37.9 Å². The summed E-state index contributed by atoms with van der Waals surface area (Å²) in [6.07, 6.45) is 1.19. The van der Waals surface area contributed by atoms with Crippen molar-refractivity contribution in [3.8, 4) is 0 Å². The average molecular weight is 318 g/mol. The third-order valence-electron chi connectivity index (χ3n) is 4.11. The van der Waals surface area contributed by atoms with E-state index in [0.717, 1.165) is 17.0 Å². The highest BCUT2D eigenvalue weighted by Gasteiger charge is 2.35. The molecular weight excluding hydrogens is 299 g/mol. The van der Waals surface area contributed by atoms with Crippen molar-refractivity contribution < 1.29 is 8.42 Å². The molecule has 0 unspecified atom stereocenters. The van der Waals surface area contributed by atoms with Gasteiger partial charge in [-0.1, -0.05) is 32.0 Å². The minimum absolute atomic E-state index is 0.205. The Morgan fingerprint density at radius 1 is 1.19 bits per heavy atom. The van der Waals surface area contributed by atoms with E-state index in [2.05, 4.69) is 42.3 Å². The predicted octanol–water partition coefficient (Wildman–Crippen LogP) is 2.66. The number of anilines is 1. The minimum Gasteiger partial charge on any atom is -0.385 e. The van der Waals surface area contributed by atoms with Gasteiger partial charge in [-0.25, -0.2) is 8.42 Å². The van der Waals surface area contributed by atoms with Crippen LogP contribution in [0.15, 0.2) is 40.5 Å². The van der Waals surface area contributed by atoms with Gasteiger partial charge in [0.25, 0.3) is 0 Å². The highest BCUT2D eigenvalue weighted by molar-refractivity contribution is 7.93. The fourth-order valence-corrected chi connectivity index (χ4v) is 3.20. The number of aliphatic imine (C=N–C) groups is 1. The van der Waals surface area contributed by atoms with Gasteiger partial charge in [-0.3, -0.25) is 4.99 Å². The van der Waals surface area contributed by atoms with Crippen molar-refractivity contribution in [2.45, 2.75) is 27.7 Å². The first kappa shape index (κ1) is 16.3. The molecule has 1 aromatic rings. The quantitative estimate of drug-likeness (QED) is 0.805. The molecule has 0 N–H and O–H groups in total. The average Bonchev–Trinajstić information content (AvgIpc) is 2.60. The Balaban J connectivity index is 2.62. The Morgan fingerprint density at radius 3 is 2.24 bits per heavy atom. The SMILES string of the molecule is CC1=C(C)C(C)(C)C(c2ccccc2[N]([Al])S(C)(=O)=O)=N1. The molecule has 1 aliphatic heterocycles. The van der Waals surface area contributed by atoms with E-state index in [0.29, 0.717) is 5.69 Å². The molecular formula is C15H19AlN2O2S. The minimum atomic E-state index is -3.34. The van der Waals surface area contributed by atoms with E-state index in [4.69, 9.17) is 0 Å². The summed E-state index contributed by atoms with van der Waals surface area (Å²) in [4.78, 5) is 4.68. The van der Waals surface area contributed by atoms with Gasteiger partial charge in [0, 0.05) is 22.4 Å². The number of nitrogens with zero attached hydrogens (tertiary/aromatic N) is 2. The van der Waals surface area contributed by atoms with Gasteiger partial charge in [0.2, 0.25) is 10.0 Å². The van der Waals surface area contributed by atoms with Gasteiger partial charge in [-0.15, -0.1) is 0 Å². The number of hydrogen-bond donors (Lipinski definition) is 0. The van der Waals surface area contributed by atoms with E-state index >= 15 is 0 Å². The first-order chi connectivity index (χ1) is 9.56. The monoisotopic (exact) mass is 318 g/mol. The van der Waals surface area contributed by atoms with Crippen molar-refractivity contribution in [3.63, 3.8) is 0 Å². The van der Waals surface area contributed by atoms with E-state index in [1.165, 1.54) is 15.1 Å². The lowest BCUT2D eigenvalue weighted by Gasteiger charge is -2.28. The molecule has 0 saturated carbocycles. The highest BCUT2D eigenvalue weighted by atomic mass is 32.2. The summed E-state index contributed by atoms with van der Waals surface area (Å²) >= 11 is 2.27. The van der Waals surface area contributed by atoms with Gasteiger partial charge in [-0.05, 0) is 25.5 Å². The standard InChI is InChI=1S/C15H19N2O2S.Al/c1-10-11(2)16-14(15(10,3)4)12-8-6-7-9-13(12)17-20(5,18)19;/h6-9H,1-5H3;/q-1;+1. The zero-order valence-electron chi connectivity index (χ0n) is 13.0. The molecule has 1 aromatic carbocycles. The first-order valence-electron chi connectivity index (χ1n) is 6.68. The Bertz CT molecular complexity index is 749. The molecule has 0 aliphatic carbocycles. The van der Waals surface area contributed by atoms with Gasteiger partial charge in [0.1, 0.15) is 0 Å². The normalized spacial score (nSPS) is 17.9. The van der Waals surface area contributed by atoms with Crippen molar-refractivity contribution in [1.82, 2.24) is 0 Å². The van der Waals surface area contributed by atoms with Gasteiger partial charge in [-0.2, -0.15) is 0 Å². The molecule has 4 nitrogen and oxygen atoms in total. The lowest BCUT2D eigenvalue weighted by molar-refractivity contribution is 0.603. The molecule has 110 valence electrons. The Hall–Kier alpha value is -1.09. The van der Waals surface area contributed by atoms with Crippen LogP contribution in [0.25, 0.3) is 0 Å². The molecule has 1 heterocycles. The summed E-state index contributed by atoms with van der Waals surface area (Å²) in [6, 6.07) is 7.45. The van der Waals surface area contributed by atoms with Crippen LogP contribution in [0.1, 0.15) is 33.3 Å². The van der Waals surface area contributed by atoms with Crippen molar-refractivity contribution in [2.24, 2.45) is 10.4 Å². The molecule has 2 rings (SSSR count). The summed E-state index contributed by atoms with van der Waals surface area (Å²) < 4.78 is 24.9.